The van der Waals surface area contributed by atoms with Gasteiger partial charge in [-0.2, -0.15) is 18.3 Å². The first-order valence-corrected chi connectivity index (χ1v) is 10.5. The molecule has 0 amide bonds. The molecule has 0 fully saturated rings. The molecule has 1 aliphatic rings. The third-order valence-electron chi connectivity index (χ3n) is 6.11. The molecule has 5 rings (SSSR count). The molecule has 0 saturated heterocycles. The van der Waals surface area contributed by atoms with Crippen LogP contribution < -0.4 is 0 Å². The normalized spacial score (nSPS) is 17.3. The minimum absolute atomic E-state index is 0.145. The van der Waals surface area contributed by atoms with Crippen LogP contribution in [0.25, 0.3) is 22.3 Å². The van der Waals surface area contributed by atoms with Crippen LogP contribution in [0.15, 0.2) is 48.8 Å². The van der Waals surface area contributed by atoms with Gasteiger partial charge in [-0.15, -0.1) is 5.10 Å². The fourth-order valence-corrected chi connectivity index (χ4v) is 4.54. The number of tetrazole rings is 1. The molecule has 2 heterocycles. The summed E-state index contributed by atoms with van der Waals surface area (Å²) < 4.78 is 45.9. The Balaban J connectivity index is 1.53. The van der Waals surface area contributed by atoms with E-state index in [4.69, 9.17) is 0 Å². The molecule has 0 radical (unpaired) electrons. The zero-order chi connectivity index (χ0) is 23.4. The van der Waals surface area contributed by atoms with Gasteiger partial charge in [0.15, 0.2) is 5.82 Å². The molecule has 170 valence electrons. The lowest BCUT2D eigenvalue weighted by atomic mass is 9.88. The van der Waals surface area contributed by atoms with Crippen LogP contribution in [-0.4, -0.2) is 41.3 Å². The standard InChI is InChI=1S/C23H21F3N6O/c1-14-10-17(15-12-27-32(13-15)9-5-8-20-28-29-30-31(20)2)21-16-6-3-4-7-18(16)22(33,19(21)11-14)23(24,25)26/h3-4,6-7,10-13,33H,5,8-9H2,1-2H3. The molecule has 0 spiro atoms. The van der Waals surface area contributed by atoms with Crippen LogP contribution in [0.4, 0.5) is 13.2 Å². The van der Waals surface area contributed by atoms with Crippen LogP contribution >= 0.6 is 0 Å². The average molecular weight is 454 g/mol. The van der Waals surface area contributed by atoms with Crippen LogP contribution in [-0.2, 0) is 25.6 Å². The molecule has 1 aliphatic carbocycles. The topological polar surface area (TPSA) is 81.7 Å². The first-order chi connectivity index (χ1) is 15.7. The summed E-state index contributed by atoms with van der Waals surface area (Å²) in [5.41, 5.74) is -0.650. The number of aliphatic hydroxyl groups is 1. The van der Waals surface area contributed by atoms with Crippen molar-refractivity contribution in [2.24, 2.45) is 7.05 Å². The number of aryl methyl sites for hydroxylation is 4. The summed E-state index contributed by atoms with van der Waals surface area (Å²) in [6.07, 6.45) is 0.0186. The van der Waals surface area contributed by atoms with E-state index in [2.05, 4.69) is 20.6 Å². The molecular weight excluding hydrogens is 433 g/mol. The van der Waals surface area contributed by atoms with E-state index in [0.29, 0.717) is 40.8 Å². The second-order valence-corrected chi connectivity index (χ2v) is 8.30. The highest BCUT2D eigenvalue weighted by Crippen LogP contribution is 2.57. The molecule has 1 unspecified atom stereocenters. The summed E-state index contributed by atoms with van der Waals surface area (Å²) in [5, 5.41) is 26.8. The van der Waals surface area contributed by atoms with Crippen molar-refractivity contribution < 1.29 is 18.3 Å². The van der Waals surface area contributed by atoms with Gasteiger partial charge in [0.1, 0.15) is 0 Å². The number of rotatable bonds is 5. The van der Waals surface area contributed by atoms with E-state index in [1.807, 2.05) is 12.3 Å². The lowest BCUT2D eigenvalue weighted by Crippen LogP contribution is -2.41. The highest BCUT2D eigenvalue weighted by Gasteiger charge is 2.61. The van der Waals surface area contributed by atoms with Crippen molar-refractivity contribution in [2.75, 3.05) is 0 Å². The Bertz CT molecular complexity index is 1340. The number of alkyl halides is 3. The van der Waals surface area contributed by atoms with Crippen LogP contribution in [0.5, 0.6) is 0 Å². The molecule has 7 nitrogen and oxygen atoms in total. The van der Waals surface area contributed by atoms with Gasteiger partial charge in [-0.3, -0.25) is 4.68 Å². The van der Waals surface area contributed by atoms with Gasteiger partial charge in [0.2, 0.25) is 5.60 Å². The molecule has 0 saturated carbocycles. The zero-order valence-electron chi connectivity index (χ0n) is 18.0. The molecule has 33 heavy (non-hydrogen) atoms. The van der Waals surface area contributed by atoms with E-state index >= 15 is 0 Å². The summed E-state index contributed by atoms with van der Waals surface area (Å²) >= 11 is 0. The number of nitrogens with zero attached hydrogens (tertiary/aromatic N) is 6. The van der Waals surface area contributed by atoms with Crippen molar-refractivity contribution in [3.8, 4) is 22.3 Å². The van der Waals surface area contributed by atoms with E-state index in [-0.39, 0.29) is 11.1 Å². The van der Waals surface area contributed by atoms with E-state index in [1.54, 1.807) is 41.7 Å². The van der Waals surface area contributed by atoms with E-state index in [9.17, 15) is 18.3 Å². The first kappa shape index (κ1) is 21.3. The van der Waals surface area contributed by atoms with Gasteiger partial charge in [-0.1, -0.05) is 42.0 Å². The van der Waals surface area contributed by atoms with Gasteiger partial charge in [-0.05, 0) is 40.5 Å². The monoisotopic (exact) mass is 454 g/mol. The summed E-state index contributed by atoms with van der Waals surface area (Å²) in [4.78, 5) is 0. The second kappa shape index (κ2) is 7.51. The van der Waals surface area contributed by atoms with Crippen molar-refractivity contribution in [1.82, 2.24) is 30.0 Å². The average Bonchev–Trinajstić information content (AvgIpc) is 3.46. The van der Waals surface area contributed by atoms with Gasteiger partial charge in [-0.25, -0.2) is 4.68 Å². The molecule has 4 aromatic rings. The number of aromatic nitrogens is 6. The lowest BCUT2D eigenvalue weighted by Gasteiger charge is -2.28. The van der Waals surface area contributed by atoms with Gasteiger partial charge in [0.05, 0.1) is 6.20 Å². The van der Waals surface area contributed by atoms with Crippen molar-refractivity contribution in [3.63, 3.8) is 0 Å². The Morgan fingerprint density at radius 2 is 1.88 bits per heavy atom. The van der Waals surface area contributed by atoms with Crippen molar-refractivity contribution >= 4 is 0 Å². The van der Waals surface area contributed by atoms with Crippen LogP contribution in [0, 0.1) is 6.92 Å². The maximum Gasteiger partial charge on any atom is 0.425 e. The van der Waals surface area contributed by atoms with E-state index in [0.717, 1.165) is 12.2 Å². The van der Waals surface area contributed by atoms with Crippen LogP contribution in [0.2, 0.25) is 0 Å². The number of benzene rings is 2. The maximum absolute atomic E-state index is 14.2. The molecule has 0 aliphatic heterocycles. The Morgan fingerprint density at radius 1 is 1.09 bits per heavy atom. The molecular formula is C23H21F3N6O. The fourth-order valence-electron chi connectivity index (χ4n) is 4.54. The highest BCUT2D eigenvalue weighted by atomic mass is 19.4. The summed E-state index contributed by atoms with van der Waals surface area (Å²) in [5.74, 6) is 0.766. The Morgan fingerprint density at radius 3 is 2.61 bits per heavy atom. The van der Waals surface area contributed by atoms with Gasteiger partial charge < -0.3 is 5.11 Å². The van der Waals surface area contributed by atoms with Crippen molar-refractivity contribution in [2.45, 2.75) is 38.1 Å². The van der Waals surface area contributed by atoms with Crippen LogP contribution in [0.3, 0.4) is 0 Å². The molecule has 10 heteroatoms. The van der Waals surface area contributed by atoms with Gasteiger partial charge in [0, 0.05) is 42.9 Å². The largest absolute Gasteiger partial charge is 0.425 e. The summed E-state index contributed by atoms with van der Waals surface area (Å²) in [7, 11) is 1.78. The molecule has 2 aromatic heterocycles. The minimum atomic E-state index is -4.86. The zero-order valence-corrected chi connectivity index (χ0v) is 18.0. The third kappa shape index (κ3) is 3.32. The predicted molar refractivity (Wildman–Crippen MR) is 114 cm³/mol. The Kier molecular flexibility index (Phi) is 4.86. The number of fused-ring (bicyclic) bond motifs is 3. The number of halogens is 3. The van der Waals surface area contributed by atoms with E-state index < -0.39 is 11.8 Å². The summed E-state index contributed by atoms with van der Waals surface area (Å²) in [6.45, 7) is 2.33. The highest BCUT2D eigenvalue weighted by molar-refractivity contribution is 5.92. The van der Waals surface area contributed by atoms with Gasteiger partial charge in [0.25, 0.3) is 0 Å². The van der Waals surface area contributed by atoms with Crippen molar-refractivity contribution in [3.05, 3.63) is 71.3 Å². The number of hydrogen-bond donors (Lipinski definition) is 1. The second-order valence-electron chi connectivity index (χ2n) is 8.30. The van der Waals surface area contributed by atoms with E-state index in [1.165, 1.54) is 18.2 Å². The maximum atomic E-state index is 14.2. The quantitative estimate of drug-likeness (QED) is 0.496. The van der Waals surface area contributed by atoms with Crippen molar-refractivity contribution in [1.29, 1.82) is 0 Å². The van der Waals surface area contributed by atoms with Gasteiger partial charge >= 0.3 is 6.18 Å². The summed E-state index contributed by atoms with van der Waals surface area (Å²) in [6, 6.07) is 9.41. The number of hydrogen-bond acceptors (Lipinski definition) is 5. The SMILES string of the molecule is Cc1cc(-c2cnn(CCCc3nnnn3C)c2)c2c(c1)C(O)(C(F)(F)F)c1ccccc1-2. The molecule has 1 N–H and O–H groups in total. The minimum Gasteiger partial charge on any atom is -0.372 e. The molecule has 1 atom stereocenters. The first-order valence-electron chi connectivity index (χ1n) is 10.5. The third-order valence-corrected chi connectivity index (χ3v) is 6.11. The smallest absolute Gasteiger partial charge is 0.372 e. The Labute approximate surface area is 187 Å². The Hall–Kier alpha value is -3.53. The molecule has 2 aromatic carbocycles. The fraction of sp³-hybridized carbons (Fsp3) is 0.304. The predicted octanol–water partition coefficient (Wildman–Crippen LogP) is 3.79. The lowest BCUT2D eigenvalue weighted by molar-refractivity contribution is -0.246. The van der Waals surface area contributed by atoms with Crippen LogP contribution in [0.1, 0.15) is 28.9 Å². The molecule has 0 bridgehead atoms.